The lowest BCUT2D eigenvalue weighted by molar-refractivity contribution is -0.162. The number of hydrogen-bond acceptors (Lipinski definition) is 5. The first-order valence-corrected chi connectivity index (χ1v) is 10.5. The summed E-state index contributed by atoms with van der Waals surface area (Å²) < 4.78 is 6.03. The molecule has 32 heavy (non-hydrogen) atoms. The van der Waals surface area contributed by atoms with E-state index in [4.69, 9.17) is 4.74 Å². The van der Waals surface area contributed by atoms with Crippen LogP contribution in [-0.2, 0) is 11.3 Å². The molecule has 2 N–H and O–H groups in total. The molecule has 0 aliphatic carbocycles. The van der Waals surface area contributed by atoms with Gasteiger partial charge in [0.05, 0.1) is 17.8 Å². The Morgan fingerprint density at radius 1 is 0.969 bits per heavy atom. The Bertz CT molecular complexity index is 1180. The summed E-state index contributed by atoms with van der Waals surface area (Å²) >= 11 is 0. The number of nitrogens with zero attached hydrogens (tertiary/aromatic N) is 2. The molecule has 1 unspecified atom stereocenters. The van der Waals surface area contributed by atoms with Crippen molar-refractivity contribution in [3.05, 3.63) is 89.5 Å². The summed E-state index contributed by atoms with van der Waals surface area (Å²) in [6.07, 6.45) is 0.568. The van der Waals surface area contributed by atoms with Gasteiger partial charge in [-0.1, -0.05) is 48.5 Å². The van der Waals surface area contributed by atoms with Crippen LogP contribution in [0.25, 0.3) is 0 Å². The average Bonchev–Trinajstić information content (AvgIpc) is 3.15. The number of hydroxylamine groups is 2. The van der Waals surface area contributed by atoms with E-state index in [1.807, 2.05) is 60.7 Å². The fourth-order valence-corrected chi connectivity index (χ4v) is 4.51. The third-order valence-electron chi connectivity index (χ3n) is 6.11. The number of carbonyl (C=O) groups excluding carboxylic acids is 1. The van der Waals surface area contributed by atoms with E-state index >= 15 is 0 Å². The van der Waals surface area contributed by atoms with Gasteiger partial charge in [-0.2, -0.15) is 5.06 Å². The van der Waals surface area contributed by atoms with Gasteiger partial charge < -0.3 is 20.0 Å². The Hall–Kier alpha value is -3.68. The summed E-state index contributed by atoms with van der Waals surface area (Å²) in [5.41, 5.74) is 2.95. The third kappa shape index (κ3) is 3.51. The molecule has 5 rings (SSSR count). The molecular weight excluding hydrogens is 408 g/mol. The van der Waals surface area contributed by atoms with Crippen LogP contribution in [0.3, 0.4) is 0 Å². The summed E-state index contributed by atoms with van der Waals surface area (Å²) in [5.74, 6) is -0.331. The Balaban J connectivity index is 1.45. The van der Waals surface area contributed by atoms with Crippen LogP contribution in [0.4, 0.5) is 5.69 Å². The van der Waals surface area contributed by atoms with E-state index < -0.39 is 12.0 Å². The first kappa shape index (κ1) is 20.2. The van der Waals surface area contributed by atoms with Crippen molar-refractivity contribution in [1.82, 2.24) is 5.06 Å². The third-order valence-corrected chi connectivity index (χ3v) is 6.11. The molecular formula is C25H22N2O5. The van der Waals surface area contributed by atoms with Crippen LogP contribution in [-0.4, -0.2) is 39.8 Å². The average molecular weight is 430 g/mol. The van der Waals surface area contributed by atoms with Gasteiger partial charge in [0.2, 0.25) is 0 Å². The number of rotatable bonds is 4. The second kappa shape index (κ2) is 8.11. The second-order valence-corrected chi connectivity index (χ2v) is 8.04. The first-order chi connectivity index (χ1) is 15.5. The van der Waals surface area contributed by atoms with Gasteiger partial charge in [0, 0.05) is 12.5 Å². The van der Waals surface area contributed by atoms with Crippen molar-refractivity contribution < 1.29 is 24.6 Å². The van der Waals surface area contributed by atoms with Crippen LogP contribution in [0, 0.1) is 0 Å². The lowest BCUT2D eigenvalue weighted by Gasteiger charge is -2.23. The summed E-state index contributed by atoms with van der Waals surface area (Å²) in [6, 6.07) is 21.3. The minimum absolute atomic E-state index is 0.146. The maximum absolute atomic E-state index is 13.4. The van der Waals surface area contributed by atoms with Gasteiger partial charge in [0.1, 0.15) is 11.8 Å². The number of amides is 1. The molecule has 0 saturated carbocycles. The predicted molar refractivity (Wildman–Crippen MR) is 117 cm³/mol. The van der Waals surface area contributed by atoms with Crippen LogP contribution in [0.2, 0.25) is 0 Å². The highest BCUT2D eigenvalue weighted by Gasteiger charge is 2.39. The predicted octanol–water partition coefficient (Wildman–Crippen LogP) is 4.27. The van der Waals surface area contributed by atoms with E-state index in [1.54, 1.807) is 17.0 Å². The number of carboxylic acids is 1. The molecule has 1 saturated heterocycles. The Morgan fingerprint density at radius 2 is 1.66 bits per heavy atom. The van der Waals surface area contributed by atoms with Crippen molar-refractivity contribution in [3.8, 4) is 11.5 Å². The second-order valence-electron chi connectivity index (χ2n) is 8.04. The van der Waals surface area contributed by atoms with E-state index in [2.05, 4.69) is 0 Å². The van der Waals surface area contributed by atoms with Gasteiger partial charge in [0.25, 0.3) is 5.91 Å². The maximum atomic E-state index is 13.4. The lowest BCUT2D eigenvalue weighted by Crippen LogP contribution is -2.36. The largest absolute Gasteiger partial charge is 0.480 e. The topological polar surface area (TPSA) is 90.3 Å². The van der Waals surface area contributed by atoms with E-state index in [1.165, 1.54) is 0 Å². The Labute approximate surface area is 185 Å². The monoisotopic (exact) mass is 430 g/mol. The van der Waals surface area contributed by atoms with Crippen LogP contribution in [0.1, 0.15) is 33.8 Å². The van der Waals surface area contributed by atoms with Crippen LogP contribution >= 0.6 is 0 Å². The SMILES string of the molecule is O=C(O)[C@@H]1C(c2ccc(CN3C(=O)c4ccccc4Oc4ccccc43)cc2)CCN1O. The van der Waals surface area contributed by atoms with Crippen molar-refractivity contribution in [2.24, 2.45) is 0 Å². The number of anilines is 1. The highest BCUT2D eigenvalue weighted by atomic mass is 16.5. The number of carbonyl (C=O) groups is 2. The van der Waals surface area contributed by atoms with E-state index in [-0.39, 0.29) is 11.8 Å². The van der Waals surface area contributed by atoms with E-state index in [9.17, 15) is 19.9 Å². The number of ether oxygens (including phenoxy) is 1. The van der Waals surface area contributed by atoms with Crippen molar-refractivity contribution >= 4 is 17.6 Å². The maximum Gasteiger partial charge on any atom is 0.323 e. The summed E-state index contributed by atoms with van der Waals surface area (Å²) in [6.45, 7) is 0.662. The normalized spacial score (nSPS) is 20.3. The number of hydrogen-bond donors (Lipinski definition) is 2. The van der Waals surface area contributed by atoms with Crippen LogP contribution < -0.4 is 9.64 Å². The molecule has 2 heterocycles. The number of fused-ring (bicyclic) bond motifs is 2. The lowest BCUT2D eigenvalue weighted by atomic mass is 9.91. The van der Waals surface area contributed by atoms with Crippen molar-refractivity contribution in [1.29, 1.82) is 0 Å². The summed E-state index contributed by atoms with van der Waals surface area (Å²) in [4.78, 5) is 26.6. The molecule has 3 aromatic carbocycles. The van der Waals surface area contributed by atoms with Crippen molar-refractivity contribution in [2.45, 2.75) is 24.9 Å². The zero-order chi connectivity index (χ0) is 22.2. The molecule has 0 radical (unpaired) electrons. The minimum Gasteiger partial charge on any atom is -0.480 e. The number of benzene rings is 3. The standard InChI is InChI=1S/C25H22N2O5/c28-24-19-5-1-3-7-21(19)32-22-8-4-2-6-20(22)26(24)15-16-9-11-17(12-10-16)18-13-14-27(31)23(18)25(29)30/h1-12,18,23,31H,13-15H2,(H,29,30)/t18?,23-/m0/s1. The van der Waals surface area contributed by atoms with Crippen LogP contribution in [0.5, 0.6) is 11.5 Å². The molecule has 0 bridgehead atoms. The zero-order valence-corrected chi connectivity index (χ0v) is 17.2. The first-order valence-electron chi connectivity index (χ1n) is 10.5. The molecule has 162 valence electrons. The van der Waals surface area contributed by atoms with Crippen molar-refractivity contribution in [3.63, 3.8) is 0 Å². The zero-order valence-electron chi connectivity index (χ0n) is 17.2. The molecule has 2 atom stereocenters. The number of para-hydroxylation sites is 3. The quantitative estimate of drug-likeness (QED) is 0.642. The van der Waals surface area contributed by atoms with E-state index in [0.29, 0.717) is 42.3 Å². The minimum atomic E-state index is -1.04. The van der Waals surface area contributed by atoms with Gasteiger partial charge in [-0.25, -0.2) is 0 Å². The Morgan fingerprint density at radius 3 is 2.41 bits per heavy atom. The molecule has 1 fully saturated rings. The molecule has 0 aromatic heterocycles. The highest BCUT2D eigenvalue weighted by molar-refractivity contribution is 6.09. The highest BCUT2D eigenvalue weighted by Crippen LogP contribution is 2.39. The van der Waals surface area contributed by atoms with Gasteiger partial charge in [-0.15, -0.1) is 0 Å². The smallest absolute Gasteiger partial charge is 0.323 e. The van der Waals surface area contributed by atoms with Gasteiger partial charge in [-0.05, 0) is 41.8 Å². The fourth-order valence-electron chi connectivity index (χ4n) is 4.51. The fraction of sp³-hybridized carbons (Fsp3) is 0.200. The summed E-state index contributed by atoms with van der Waals surface area (Å²) in [5, 5.41) is 20.2. The number of carboxylic acid groups (broad SMARTS) is 1. The van der Waals surface area contributed by atoms with Gasteiger partial charge >= 0.3 is 5.97 Å². The molecule has 2 aliphatic heterocycles. The van der Waals surface area contributed by atoms with Gasteiger partial charge in [-0.3, -0.25) is 9.59 Å². The van der Waals surface area contributed by atoms with E-state index in [0.717, 1.165) is 16.2 Å². The summed E-state index contributed by atoms with van der Waals surface area (Å²) in [7, 11) is 0. The molecule has 7 heteroatoms. The van der Waals surface area contributed by atoms with Gasteiger partial charge in [0.15, 0.2) is 5.75 Å². The molecule has 3 aromatic rings. The Kier molecular flexibility index (Phi) is 5.13. The van der Waals surface area contributed by atoms with Crippen molar-refractivity contribution in [2.75, 3.05) is 11.4 Å². The molecule has 2 aliphatic rings. The van der Waals surface area contributed by atoms with Crippen LogP contribution in [0.15, 0.2) is 72.8 Å². The molecule has 1 amide bonds. The molecule has 0 spiro atoms. The molecule has 7 nitrogen and oxygen atoms in total. The number of aliphatic carboxylic acids is 1.